The molecule has 0 fully saturated rings. The zero-order valence-electron chi connectivity index (χ0n) is 8.05. The molecule has 2 aromatic heterocycles. The molecule has 14 heavy (non-hydrogen) atoms. The molecule has 2 nitrogen and oxygen atoms in total. The van der Waals surface area contributed by atoms with Crippen molar-refractivity contribution < 1.29 is 0 Å². The second-order valence-corrected chi connectivity index (χ2v) is 3.71. The van der Waals surface area contributed by atoms with Crippen LogP contribution in [0.1, 0.15) is 6.92 Å². The van der Waals surface area contributed by atoms with Crippen LogP contribution in [0.25, 0.3) is 0 Å². The third kappa shape index (κ3) is 1.77. The smallest absolute Gasteiger partial charge is 0.0519 e. The van der Waals surface area contributed by atoms with E-state index >= 15 is 0 Å². The van der Waals surface area contributed by atoms with Crippen LogP contribution in [0.5, 0.6) is 0 Å². The summed E-state index contributed by atoms with van der Waals surface area (Å²) in [5, 5.41) is 4.25. The number of nitrogens with zero attached hydrogens (tertiary/aromatic N) is 2. The molecule has 0 saturated carbocycles. The maximum atomic E-state index is 4.02. The monoisotopic (exact) mass is 204 g/mol. The lowest BCUT2D eigenvalue weighted by atomic mass is 10.3. The molecule has 72 valence electrons. The summed E-state index contributed by atoms with van der Waals surface area (Å²) in [6.45, 7) is 3.12. The van der Waals surface area contributed by atoms with E-state index in [1.807, 2.05) is 24.5 Å². The van der Waals surface area contributed by atoms with Crippen LogP contribution in [0.2, 0.25) is 0 Å². The van der Waals surface area contributed by atoms with Crippen LogP contribution in [-0.2, 0) is 0 Å². The van der Waals surface area contributed by atoms with Crippen molar-refractivity contribution in [2.45, 2.75) is 6.92 Å². The molecule has 2 aromatic rings. The van der Waals surface area contributed by atoms with Crippen LogP contribution in [0.15, 0.2) is 41.4 Å². The number of aromatic nitrogens is 1. The highest BCUT2D eigenvalue weighted by Crippen LogP contribution is 2.25. The van der Waals surface area contributed by atoms with Crippen LogP contribution in [0.4, 0.5) is 11.4 Å². The first-order chi connectivity index (χ1) is 6.92. The van der Waals surface area contributed by atoms with Crippen molar-refractivity contribution >= 4 is 22.7 Å². The number of rotatable bonds is 3. The Morgan fingerprint density at radius 1 is 1.21 bits per heavy atom. The summed E-state index contributed by atoms with van der Waals surface area (Å²) in [7, 11) is 0. The number of hydrogen-bond acceptors (Lipinski definition) is 3. The summed E-state index contributed by atoms with van der Waals surface area (Å²) in [6.07, 6.45) is 3.65. The van der Waals surface area contributed by atoms with Crippen LogP contribution < -0.4 is 4.90 Å². The van der Waals surface area contributed by atoms with E-state index in [4.69, 9.17) is 0 Å². The zero-order valence-corrected chi connectivity index (χ0v) is 8.87. The highest BCUT2D eigenvalue weighted by atomic mass is 32.1. The number of thiophene rings is 1. The van der Waals surface area contributed by atoms with Gasteiger partial charge < -0.3 is 4.90 Å². The Bertz CT molecular complexity index is 369. The van der Waals surface area contributed by atoms with Crippen molar-refractivity contribution in [2.24, 2.45) is 0 Å². The average Bonchev–Trinajstić information content (AvgIpc) is 2.74. The molecular formula is C11H12N2S. The minimum absolute atomic E-state index is 0.973. The van der Waals surface area contributed by atoms with Gasteiger partial charge in [-0.25, -0.2) is 0 Å². The summed E-state index contributed by atoms with van der Waals surface area (Å²) < 4.78 is 0. The second kappa shape index (κ2) is 4.24. The predicted molar refractivity (Wildman–Crippen MR) is 61.2 cm³/mol. The van der Waals surface area contributed by atoms with Crippen molar-refractivity contribution in [2.75, 3.05) is 11.4 Å². The van der Waals surface area contributed by atoms with Crippen molar-refractivity contribution in [3.8, 4) is 0 Å². The first-order valence-corrected chi connectivity index (χ1v) is 5.56. The summed E-state index contributed by atoms with van der Waals surface area (Å²) in [5.74, 6) is 0. The van der Waals surface area contributed by atoms with Gasteiger partial charge in [0.15, 0.2) is 0 Å². The molecule has 0 atom stereocenters. The predicted octanol–water partition coefficient (Wildman–Crippen LogP) is 3.30. The van der Waals surface area contributed by atoms with E-state index < -0.39 is 0 Å². The Hall–Kier alpha value is -1.35. The lowest BCUT2D eigenvalue weighted by Crippen LogP contribution is -2.14. The van der Waals surface area contributed by atoms with Gasteiger partial charge in [0.2, 0.25) is 0 Å². The van der Waals surface area contributed by atoms with Crippen molar-refractivity contribution in [3.05, 3.63) is 41.4 Å². The minimum atomic E-state index is 0.973. The van der Waals surface area contributed by atoms with Gasteiger partial charge in [0.25, 0.3) is 0 Å². The fraction of sp³-hybridized carbons (Fsp3) is 0.182. The number of pyridine rings is 1. The Morgan fingerprint density at radius 2 is 2.00 bits per heavy atom. The molecule has 0 radical (unpaired) electrons. The Balaban J connectivity index is 2.31. The van der Waals surface area contributed by atoms with Gasteiger partial charge in [0.1, 0.15) is 0 Å². The average molecular weight is 204 g/mol. The molecule has 0 N–H and O–H groups in total. The van der Waals surface area contributed by atoms with Gasteiger partial charge >= 0.3 is 0 Å². The standard InChI is InChI=1S/C11H12N2S/c1-2-13(11-5-8-14-9-11)10-3-6-12-7-4-10/h3-9H,2H2,1H3. The van der Waals surface area contributed by atoms with Crippen LogP contribution in [0.3, 0.4) is 0 Å². The first-order valence-electron chi connectivity index (χ1n) is 4.61. The minimum Gasteiger partial charge on any atom is -0.341 e. The Labute approximate surface area is 87.8 Å². The van der Waals surface area contributed by atoms with E-state index in [0.717, 1.165) is 6.54 Å². The van der Waals surface area contributed by atoms with Crippen LogP contribution >= 0.6 is 11.3 Å². The summed E-state index contributed by atoms with van der Waals surface area (Å²) in [5.41, 5.74) is 2.45. The van der Waals surface area contributed by atoms with E-state index in [1.54, 1.807) is 11.3 Å². The van der Waals surface area contributed by atoms with Crippen LogP contribution in [0, 0.1) is 0 Å². The molecule has 0 saturated heterocycles. The topological polar surface area (TPSA) is 16.1 Å². The van der Waals surface area contributed by atoms with Gasteiger partial charge in [-0.3, -0.25) is 4.98 Å². The fourth-order valence-electron chi connectivity index (χ4n) is 1.45. The lowest BCUT2D eigenvalue weighted by molar-refractivity contribution is 1.02. The summed E-state index contributed by atoms with van der Waals surface area (Å²) in [6, 6.07) is 6.19. The van der Waals surface area contributed by atoms with Crippen molar-refractivity contribution in [1.29, 1.82) is 0 Å². The molecule has 0 aliphatic heterocycles. The highest BCUT2D eigenvalue weighted by molar-refractivity contribution is 7.08. The third-order valence-electron chi connectivity index (χ3n) is 2.11. The first kappa shape index (κ1) is 9.21. The van der Waals surface area contributed by atoms with Gasteiger partial charge in [-0.1, -0.05) is 0 Å². The van der Waals surface area contributed by atoms with Crippen molar-refractivity contribution in [3.63, 3.8) is 0 Å². The summed E-state index contributed by atoms with van der Waals surface area (Å²) in [4.78, 5) is 6.28. The van der Waals surface area contributed by atoms with E-state index in [2.05, 4.69) is 33.6 Å². The SMILES string of the molecule is CCN(c1ccncc1)c1ccsc1. The van der Waals surface area contributed by atoms with E-state index in [-0.39, 0.29) is 0 Å². The molecule has 0 aliphatic rings. The Kier molecular flexibility index (Phi) is 2.79. The van der Waals surface area contributed by atoms with Gasteiger partial charge in [0.05, 0.1) is 5.69 Å². The van der Waals surface area contributed by atoms with Crippen molar-refractivity contribution in [1.82, 2.24) is 4.98 Å². The number of anilines is 2. The largest absolute Gasteiger partial charge is 0.341 e. The second-order valence-electron chi connectivity index (χ2n) is 2.93. The molecule has 0 amide bonds. The van der Waals surface area contributed by atoms with Gasteiger partial charge in [-0.15, -0.1) is 0 Å². The van der Waals surface area contributed by atoms with E-state index in [9.17, 15) is 0 Å². The van der Waals surface area contributed by atoms with E-state index in [0.29, 0.717) is 0 Å². The molecule has 0 aromatic carbocycles. The molecule has 2 heterocycles. The molecule has 0 spiro atoms. The quantitative estimate of drug-likeness (QED) is 0.762. The molecule has 0 unspecified atom stereocenters. The molecule has 0 bridgehead atoms. The Morgan fingerprint density at radius 3 is 2.57 bits per heavy atom. The molecule has 3 heteroatoms. The van der Waals surface area contributed by atoms with Gasteiger partial charge in [-0.2, -0.15) is 11.3 Å². The van der Waals surface area contributed by atoms with Gasteiger partial charge in [-0.05, 0) is 30.5 Å². The highest BCUT2D eigenvalue weighted by Gasteiger charge is 2.05. The van der Waals surface area contributed by atoms with Crippen LogP contribution in [-0.4, -0.2) is 11.5 Å². The lowest BCUT2D eigenvalue weighted by Gasteiger charge is -2.21. The van der Waals surface area contributed by atoms with E-state index in [1.165, 1.54) is 11.4 Å². The fourth-order valence-corrected chi connectivity index (χ4v) is 2.09. The third-order valence-corrected chi connectivity index (χ3v) is 2.78. The summed E-state index contributed by atoms with van der Waals surface area (Å²) >= 11 is 1.72. The zero-order chi connectivity index (χ0) is 9.80. The number of hydrogen-bond donors (Lipinski definition) is 0. The van der Waals surface area contributed by atoms with Gasteiger partial charge in [0, 0.05) is 30.0 Å². The molecule has 2 rings (SSSR count). The maximum Gasteiger partial charge on any atom is 0.0519 e. The normalized spacial score (nSPS) is 10.1. The molecular weight excluding hydrogens is 192 g/mol. The molecule has 0 aliphatic carbocycles. The maximum absolute atomic E-state index is 4.02.